The van der Waals surface area contributed by atoms with E-state index in [4.69, 9.17) is 4.74 Å². The van der Waals surface area contributed by atoms with E-state index in [1.807, 2.05) is 36.4 Å². The Bertz CT molecular complexity index is 770. The minimum absolute atomic E-state index is 0.0239. The van der Waals surface area contributed by atoms with E-state index in [9.17, 15) is 9.90 Å². The third-order valence-electron chi connectivity index (χ3n) is 6.11. The summed E-state index contributed by atoms with van der Waals surface area (Å²) in [7, 11) is 1.77. The maximum atomic E-state index is 11.8. The van der Waals surface area contributed by atoms with Crippen molar-refractivity contribution in [2.24, 2.45) is 5.92 Å². The van der Waals surface area contributed by atoms with Gasteiger partial charge in [-0.1, -0.05) is 12.1 Å². The molecule has 29 heavy (non-hydrogen) atoms. The Kier molecular flexibility index (Phi) is 5.78. The van der Waals surface area contributed by atoms with Crippen LogP contribution in [0.25, 0.3) is 0 Å². The number of rotatable bonds is 6. The number of ether oxygens (including phenoxy) is 1. The predicted molar refractivity (Wildman–Crippen MR) is 108 cm³/mol. The molecule has 1 amide bonds. The lowest BCUT2D eigenvalue weighted by molar-refractivity contribution is -0.0218. The van der Waals surface area contributed by atoms with E-state index < -0.39 is 5.60 Å². The summed E-state index contributed by atoms with van der Waals surface area (Å²) < 4.78 is 5.36. The van der Waals surface area contributed by atoms with Crippen LogP contribution in [-0.2, 0) is 10.3 Å². The zero-order valence-electron chi connectivity index (χ0n) is 16.8. The highest BCUT2D eigenvalue weighted by atomic mass is 16.6. The van der Waals surface area contributed by atoms with E-state index in [2.05, 4.69) is 14.9 Å². The second-order valence-corrected chi connectivity index (χ2v) is 7.99. The fourth-order valence-corrected chi connectivity index (χ4v) is 4.43. The molecule has 4 heterocycles. The van der Waals surface area contributed by atoms with E-state index in [1.54, 1.807) is 24.3 Å². The SMILES string of the molecule is CN1CC(CCN2CCC(C(O)(c3ccccn3)c3ccccn3)CC2)OC1=O. The van der Waals surface area contributed by atoms with Crippen molar-refractivity contribution in [2.45, 2.75) is 31.0 Å². The summed E-state index contributed by atoms with van der Waals surface area (Å²) in [5, 5.41) is 11.8. The summed E-state index contributed by atoms with van der Waals surface area (Å²) in [6.45, 7) is 3.34. The quantitative estimate of drug-likeness (QED) is 0.807. The van der Waals surface area contributed by atoms with Gasteiger partial charge in [-0.2, -0.15) is 0 Å². The first kappa shape index (κ1) is 19.8. The van der Waals surface area contributed by atoms with Crippen molar-refractivity contribution < 1.29 is 14.6 Å². The molecule has 0 spiro atoms. The van der Waals surface area contributed by atoms with Gasteiger partial charge in [0.1, 0.15) is 6.10 Å². The fraction of sp³-hybridized carbons (Fsp3) is 0.500. The monoisotopic (exact) mass is 396 g/mol. The van der Waals surface area contributed by atoms with Gasteiger partial charge >= 0.3 is 6.09 Å². The van der Waals surface area contributed by atoms with Gasteiger partial charge in [-0.3, -0.25) is 9.97 Å². The summed E-state index contributed by atoms with van der Waals surface area (Å²) in [5.41, 5.74) is 0.106. The van der Waals surface area contributed by atoms with Crippen molar-refractivity contribution in [1.29, 1.82) is 0 Å². The molecule has 7 nitrogen and oxygen atoms in total. The van der Waals surface area contributed by atoms with Crippen LogP contribution in [0, 0.1) is 5.92 Å². The number of carbonyl (C=O) groups excluding carboxylic acids is 1. The minimum atomic E-state index is -1.20. The molecule has 1 N–H and O–H groups in total. The number of nitrogens with zero attached hydrogens (tertiary/aromatic N) is 4. The topological polar surface area (TPSA) is 78.8 Å². The Morgan fingerprint density at radius 2 is 1.72 bits per heavy atom. The molecular formula is C22H28N4O3. The van der Waals surface area contributed by atoms with E-state index in [1.165, 1.54) is 0 Å². The molecule has 0 aromatic carbocycles. The first-order chi connectivity index (χ1) is 14.1. The van der Waals surface area contributed by atoms with E-state index in [0.29, 0.717) is 17.9 Å². The van der Waals surface area contributed by atoms with Crippen LogP contribution in [0.15, 0.2) is 48.8 Å². The van der Waals surface area contributed by atoms with E-state index >= 15 is 0 Å². The molecule has 2 aliphatic heterocycles. The molecule has 2 aromatic heterocycles. The Morgan fingerprint density at radius 3 is 2.21 bits per heavy atom. The first-order valence-corrected chi connectivity index (χ1v) is 10.3. The highest BCUT2D eigenvalue weighted by molar-refractivity contribution is 5.69. The van der Waals surface area contributed by atoms with Crippen molar-refractivity contribution in [3.05, 3.63) is 60.2 Å². The highest BCUT2D eigenvalue weighted by Gasteiger charge is 2.43. The third-order valence-corrected chi connectivity index (χ3v) is 6.11. The largest absolute Gasteiger partial charge is 0.444 e. The number of aliphatic hydroxyl groups is 1. The molecule has 154 valence electrons. The van der Waals surface area contributed by atoms with Crippen LogP contribution in [0.5, 0.6) is 0 Å². The van der Waals surface area contributed by atoms with Crippen LogP contribution in [-0.4, -0.2) is 70.3 Å². The van der Waals surface area contributed by atoms with Gasteiger partial charge in [0.25, 0.3) is 0 Å². The molecule has 2 aromatic rings. The van der Waals surface area contributed by atoms with Crippen LogP contribution in [0.4, 0.5) is 4.79 Å². The van der Waals surface area contributed by atoms with Crippen LogP contribution in [0.1, 0.15) is 30.7 Å². The lowest BCUT2D eigenvalue weighted by Crippen LogP contribution is -2.45. The van der Waals surface area contributed by atoms with Crippen molar-refractivity contribution in [2.75, 3.05) is 33.2 Å². The molecule has 1 unspecified atom stereocenters. The molecule has 2 aliphatic rings. The molecule has 4 rings (SSSR count). The van der Waals surface area contributed by atoms with Crippen LogP contribution in [0.3, 0.4) is 0 Å². The van der Waals surface area contributed by atoms with Gasteiger partial charge in [-0.25, -0.2) is 4.79 Å². The first-order valence-electron chi connectivity index (χ1n) is 10.3. The maximum absolute atomic E-state index is 11.8. The number of likely N-dealkylation sites (N-methyl/N-ethyl adjacent to an activating group) is 1. The summed E-state index contributed by atoms with van der Waals surface area (Å²) in [5.74, 6) is 0.0407. The summed E-state index contributed by atoms with van der Waals surface area (Å²) in [4.78, 5) is 24.5. The third kappa shape index (κ3) is 4.11. The average Bonchev–Trinajstić information content (AvgIpc) is 3.10. The number of piperidine rings is 1. The van der Waals surface area contributed by atoms with Gasteiger partial charge in [-0.15, -0.1) is 0 Å². The van der Waals surface area contributed by atoms with Gasteiger partial charge < -0.3 is 19.6 Å². The molecule has 2 fully saturated rings. The number of aromatic nitrogens is 2. The van der Waals surface area contributed by atoms with Gasteiger partial charge in [0.15, 0.2) is 5.60 Å². The van der Waals surface area contributed by atoms with Gasteiger partial charge in [-0.05, 0) is 56.6 Å². The van der Waals surface area contributed by atoms with Crippen LogP contribution in [0.2, 0.25) is 0 Å². The Balaban J connectivity index is 1.42. The van der Waals surface area contributed by atoms with Crippen molar-refractivity contribution in [1.82, 2.24) is 19.8 Å². The zero-order valence-corrected chi connectivity index (χ0v) is 16.8. The van der Waals surface area contributed by atoms with Gasteiger partial charge in [0.2, 0.25) is 0 Å². The lowest BCUT2D eigenvalue weighted by atomic mass is 9.75. The molecule has 2 saturated heterocycles. The molecular weight excluding hydrogens is 368 g/mol. The summed E-state index contributed by atoms with van der Waals surface area (Å²) in [6.07, 6.45) is 5.73. The predicted octanol–water partition coefficient (Wildman–Crippen LogP) is 2.27. The Morgan fingerprint density at radius 1 is 1.10 bits per heavy atom. The van der Waals surface area contributed by atoms with Gasteiger partial charge in [0.05, 0.1) is 17.9 Å². The molecule has 1 atom stereocenters. The number of carbonyl (C=O) groups is 1. The number of pyridine rings is 2. The molecule has 0 saturated carbocycles. The normalized spacial score (nSPS) is 21.4. The standard InChI is InChI=1S/C22H28N4O3/c1-25-16-18(29-21(25)27)10-15-26-13-8-17(9-14-26)22(28,19-6-2-4-11-23-19)20-7-3-5-12-24-20/h2-7,11-12,17-18,28H,8-10,13-16H2,1H3. The molecule has 0 radical (unpaired) electrons. The Labute approximate surface area is 171 Å². The number of cyclic esters (lactones) is 1. The average molecular weight is 396 g/mol. The summed E-state index contributed by atoms with van der Waals surface area (Å²) >= 11 is 0. The number of amides is 1. The second kappa shape index (κ2) is 8.47. The second-order valence-electron chi connectivity index (χ2n) is 7.99. The smallest absolute Gasteiger partial charge is 0.409 e. The maximum Gasteiger partial charge on any atom is 0.409 e. The number of hydrogen-bond acceptors (Lipinski definition) is 6. The molecule has 7 heteroatoms. The molecule has 0 bridgehead atoms. The summed E-state index contributed by atoms with van der Waals surface area (Å²) in [6, 6.07) is 11.3. The number of likely N-dealkylation sites (tertiary alicyclic amines) is 1. The fourth-order valence-electron chi connectivity index (χ4n) is 4.43. The van der Waals surface area contributed by atoms with Crippen LogP contribution >= 0.6 is 0 Å². The zero-order chi connectivity index (χ0) is 20.3. The van der Waals surface area contributed by atoms with E-state index in [0.717, 1.165) is 38.9 Å². The van der Waals surface area contributed by atoms with Crippen molar-refractivity contribution >= 4 is 6.09 Å². The number of hydrogen-bond donors (Lipinski definition) is 1. The van der Waals surface area contributed by atoms with Gasteiger partial charge in [0, 0.05) is 31.9 Å². The van der Waals surface area contributed by atoms with Crippen molar-refractivity contribution in [3.8, 4) is 0 Å². The lowest BCUT2D eigenvalue weighted by Gasteiger charge is -2.41. The molecule has 0 aliphatic carbocycles. The highest BCUT2D eigenvalue weighted by Crippen LogP contribution is 2.40. The Hall–Kier alpha value is -2.51. The van der Waals surface area contributed by atoms with E-state index in [-0.39, 0.29) is 18.1 Å². The van der Waals surface area contributed by atoms with Crippen LogP contribution < -0.4 is 0 Å². The van der Waals surface area contributed by atoms with Crippen molar-refractivity contribution in [3.63, 3.8) is 0 Å². The minimum Gasteiger partial charge on any atom is -0.444 e.